The number of nitriles is 1. The van der Waals surface area contributed by atoms with E-state index in [1.807, 2.05) is 19.9 Å². The Morgan fingerprint density at radius 1 is 1.32 bits per heavy atom. The highest BCUT2D eigenvalue weighted by atomic mass is 35.5. The molecule has 0 spiro atoms. The molecule has 130 valence electrons. The number of rotatable bonds is 6. The average Bonchev–Trinajstić information content (AvgIpc) is 3.02. The van der Waals surface area contributed by atoms with Crippen LogP contribution in [0.3, 0.4) is 0 Å². The Kier molecular flexibility index (Phi) is 6.69. The van der Waals surface area contributed by atoms with Crippen LogP contribution in [-0.4, -0.2) is 12.6 Å². The van der Waals surface area contributed by atoms with Crippen molar-refractivity contribution in [3.8, 4) is 17.4 Å². The monoisotopic (exact) mass is 377 g/mol. The van der Waals surface area contributed by atoms with Crippen LogP contribution < -0.4 is 0 Å². The van der Waals surface area contributed by atoms with Gasteiger partial charge in [0.2, 0.25) is 0 Å². The van der Waals surface area contributed by atoms with E-state index < -0.39 is 5.97 Å². The topological polar surface area (TPSA) is 63.2 Å². The second-order valence-electron chi connectivity index (χ2n) is 5.81. The highest BCUT2D eigenvalue weighted by Crippen LogP contribution is 2.32. The number of esters is 1. The molecule has 0 saturated carbocycles. The number of furan rings is 1. The molecule has 0 bridgehead atoms. The first kappa shape index (κ1) is 19.1. The first-order chi connectivity index (χ1) is 11.9. The number of carbonyl (C=O) groups excluding carboxylic acids is 1. The molecule has 6 heteroatoms. The van der Waals surface area contributed by atoms with Crippen LogP contribution in [0.1, 0.15) is 26.0 Å². The second kappa shape index (κ2) is 8.75. The van der Waals surface area contributed by atoms with Crippen molar-refractivity contribution < 1.29 is 13.9 Å². The minimum Gasteiger partial charge on any atom is -0.462 e. The molecule has 0 radical (unpaired) electrons. The van der Waals surface area contributed by atoms with Gasteiger partial charge in [0.05, 0.1) is 11.6 Å². The molecule has 0 aliphatic heterocycles. The molecule has 0 unspecified atom stereocenters. The smallest absolute Gasteiger partial charge is 0.349 e. The highest BCUT2D eigenvalue weighted by molar-refractivity contribution is 6.35. The average molecular weight is 378 g/mol. The van der Waals surface area contributed by atoms with Gasteiger partial charge in [-0.3, -0.25) is 0 Å². The third kappa shape index (κ3) is 5.38. The highest BCUT2D eigenvalue weighted by Gasteiger charge is 2.14. The van der Waals surface area contributed by atoms with Crippen LogP contribution in [0, 0.1) is 17.2 Å². The van der Waals surface area contributed by atoms with Crippen LogP contribution in [0.2, 0.25) is 10.0 Å². The molecule has 4 nitrogen and oxygen atoms in total. The van der Waals surface area contributed by atoms with Crippen LogP contribution in [0.25, 0.3) is 17.4 Å². The van der Waals surface area contributed by atoms with Crippen molar-refractivity contribution in [2.24, 2.45) is 5.92 Å². The minimum absolute atomic E-state index is 0.123. The van der Waals surface area contributed by atoms with Crippen LogP contribution in [-0.2, 0) is 9.53 Å². The quantitative estimate of drug-likeness (QED) is 0.365. The number of halogens is 2. The van der Waals surface area contributed by atoms with E-state index in [9.17, 15) is 10.1 Å². The summed E-state index contributed by atoms with van der Waals surface area (Å²) in [6.07, 6.45) is 2.09. The van der Waals surface area contributed by atoms with Gasteiger partial charge < -0.3 is 9.15 Å². The molecule has 0 N–H and O–H groups in total. The summed E-state index contributed by atoms with van der Waals surface area (Å²) in [7, 11) is 0. The van der Waals surface area contributed by atoms with Gasteiger partial charge in [0.1, 0.15) is 23.2 Å². The van der Waals surface area contributed by atoms with Gasteiger partial charge in [-0.05, 0) is 42.7 Å². The molecule has 0 fully saturated rings. The van der Waals surface area contributed by atoms with E-state index in [-0.39, 0.29) is 12.2 Å². The van der Waals surface area contributed by atoms with E-state index in [4.69, 9.17) is 32.4 Å². The van der Waals surface area contributed by atoms with E-state index in [0.29, 0.717) is 33.0 Å². The predicted octanol–water partition coefficient (Wildman–Crippen LogP) is 5.75. The number of carbonyl (C=O) groups is 1. The lowest BCUT2D eigenvalue weighted by atomic mass is 10.1. The molecule has 0 aliphatic rings. The molecule has 1 aromatic carbocycles. The largest absolute Gasteiger partial charge is 0.462 e. The fourth-order valence-electron chi connectivity index (χ4n) is 2.01. The molecule has 1 aromatic heterocycles. The van der Waals surface area contributed by atoms with Crippen molar-refractivity contribution >= 4 is 35.2 Å². The van der Waals surface area contributed by atoms with Gasteiger partial charge in [0.15, 0.2) is 0 Å². The zero-order valence-corrected chi connectivity index (χ0v) is 15.4. The summed E-state index contributed by atoms with van der Waals surface area (Å²) >= 11 is 12.1. The predicted molar refractivity (Wildman–Crippen MR) is 98.2 cm³/mol. The Hall–Kier alpha value is -2.22. The summed E-state index contributed by atoms with van der Waals surface area (Å²) < 4.78 is 10.7. The van der Waals surface area contributed by atoms with Crippen molar-refractivity contribution in [2.45, 2.75) is 20.3 Å². The van der Waals surface area contributed by atoms with E-state index in [0.717, 1.165) is 6.42 Å². The Balaban J connectivity index is 2.17. The number of nitrogens with zero attached hydrogens (tertiary/aromatic N) is 1. The number of hydrogen-bond donors (Lipinski definition) is 0. The van der Waals surface area contributed by atoms with E-state index in [2.05, 4.69) is 0 Å². The summed E-state index contributed by atoms with van der Waals surface area (Å²) in [5, 5.41) is 10.2. The Labute approximate surface area is 156 Å². The van der Waals surface area contributed by atoms with Gasteiger partial charge in [-0.25, -0.2) is 4.79 Å². The molecule has 0 atom stereocenters. The van der Waals surface area contributed by atoms with Crippen molar-refractivity contribution in [1.29, 1.82) is 5.26 Å². The van der Waals surface area contributed by atoms with Crippen LogP contribution in [0.5, 0.6) is 0 Å². The van der Waals surface area contributed by atoms with Crippen molar-refractivity contribution in [3.63, 3.8) is 0 Å². The first-order valence-electron chi connectivity index (χ1n) is 7.75. The molecule has 2 rings (SSSR count). The Morgan fingerprint density at radius 2 is 2.08 bits per heavy atom. The van der Waals surface area contributed by atoms with Crippen molar-refractivity contribution in [3.05, 3.63) is 51.7 Å². The maximum atomic E-state index is 11.9. The fraction of sp³-hybridized carbons (Fsp3) is 0.263. The Morgan fingerprint density at radius 3 is 2.76 bits per heavy atom. The zero-order chi connectivity index (χ0) is 18.4. The van der Waals surface area contributed by atoms with Gasteiger partial charge in [-0.15, -0.1) is 0 Å². The lowest BCUT2D eigenvalue weighted by molar-refractivity contribution is -0.138. The third-order valence-electron chi connectivity index (χ3n) is 3.38. The van der Waals surface area contributed by atoms with Gasteiger partial charge in [-0.1, -0.05) is 37.0 Å². The molecule has 0 saturated heterocycles. The van der Waals surface area contributed by atoms with Gasteiger partial charge in [0, 0.05) is 16.7 Å². The molecule has 25 heavy (non-hydrogen) atoms. The van der Waals surface area contributed by atoms with Gasteiger partial charge >= 0.3 is 5.97 Å². The van der Waals surface area contributed by atoms with E-state index in [1.54, 1.807) is 30.3 Å². The minimum atomic E-state index is -0.665. The lowest BCUT2D eigenvalue weighted by Crippen LogP contribution is -2.09. The molecule has 1 heterocycles. The maximum absolute atomic E-state index is 11.9. The zero-order valence-electron chi connectivity index (χ0n) is 13.9. The third-order valence-corrected chi connectivity index (χ3v) is 3.94. The molecule has 0 aliphatic carbocycles. The maximum Gasteiger partial charge on any atom is 0.349 e. The molecular formula is C19H17Cl2NO3. The summed E-state index contributed by atoms with van der Waals surface area (Å²) in [6, 6.07) is 10.2. The standard InChI is InChI=1S/C19H17Cl2NO3/c1-12(2)7-8-24-19(23)13(11-22)9-15-4-6-18(25-15)16-10-14(20)3-5-17(16)21/h3-6,9-10,12H,7-8H2,1-2H3/b13-9-. The van der Waals surface area contributed by atoms with Crippen LogP contribution in [0.15, 0.2) is 40.3 Å². The lowest BCUT2D eigenvalue weighted by Gasteiger charge is -2.05. The first-order valence-corrected chi connectivity index (χ1v) is 8.50. The van der Waals surface area contributed by atoms with Crippen molar-refractivity contribution in [1.82, 2.24) is 0 Å². The van der Waals surface area contributed by atoms with Crippen molar-refractivity contribution in [2.75, 3.05) is 6.61 Å². The van der Waals surface area contributed by atoms with E-state index in [1.165, 1.54) is 6.08 Å². The summed E-state index contributed by atoms with van der Waals surface area (Å²) in [6.45, 7) is 4.33. The summed E-state index contributed by atoms with van der Waals surface area (Å²) in [5.41, 5.74) is 0.508. The van der Waals surface area contributed by atoms with Gasteiger partial charge in [0.25, 0.3) is 0 Å². The van der Waals surface area contributed by atoms with Gasteiger partial charge in [-0.2, -0.15) is 5.26 Å². The number of hydrogen-bond acceptors (Lipinski definition) is 4. The molecular weight excluding hydrogens is 361 g/mol. The summed E-state index contributed by atoms with van der Waals surface area (Å²) in [5.74, 6) is 0.590. The molecule has 0 amide bonds. The van der Waals surface area contributed by atoms with E-state index >= 15 is 0 Å². The Bertz CT molecular complexity index is 831. The number of benzene rings is 1. The second-order valence-corrected chi connectivity index (χ2v) is 6.66. The fourth-order valence-corrected chi connectivity index (χ4v) is 2.39. The summed E-state index contributed by atoms with van der Waals surface area (Å²) in [4.78, 5) is 11.9. The van der Waals surface area contributed by atoms with Crippen LogP contribution >= 0.6 is 23.2 Å². The normalized spacial score (nSPS) is 11.4. The number of ether oxygens (including phenoxy) is 1. The van der Waals surface area contributed by atoms with Crippen LogP contribution in [0.4, 0.5) is 0 Å². The SMILES string of the molecule is CC(C)CCOC(=O)/C(C#N)=C\c1ccc(-c2cc(Cl)ccc2Cl)o1. The molecule has 2 aromatic rings.